The third kappa shape index (κ3) is 10.0. The van der Waals surface area contributed by atoms with E-state index in [2.05, 4.69) is 20.4 Å². The molecule has 1 atom stereocenters. The lowest BCUT2D eigenvalue weighted by molar-refractivity contribution is -0.140. The molecule has 0 saturated carbocycles. The van der Waals surface area contributed by atoms with Crippen molar-refractivity contribution >= 4 is 5.97 Å². The van der Waals surface area contributed by atoms with Gasteiger partial charge in [0.1, 0.15) is 6.61 Å². The summed E-state index contributed by atoms with van der Waals surface area (Å²) >= 11 is 0. The SMILES string of the molecule is C=C(C)C(=O)OCCOCCOC(C)CCC. The summed E-state index contributed by atoms with van der Waals surface area (Å²) in [6.07, 6.45) is 2.47. The van der Waals surface area contributed by atoms with E-state index in [-0.39, 0.29) is 18.7 Å². The number of esters is 1. The minimum atomic E-state index is -0.374. The summed E-state index contributed by atoms with van der Waals surface area (Å²) in [6, 6.07) is 0. The van der Waals surface area contributed by atoms with Crippen LogP contribution in [-0.4, -0.2) is 38.5 Å². The Kier molecular flexibility index (Phi) is 9.77. The predicted octanol–water partition coefficient (Wildman–Crippen LogP) is 2.33. The van der Waals surface area contributed by atoms with Gasteiger partial charge in [-0.1, -0.05) is 19.9 Å². The van der Waals surface area contributed by atoms with Gasteiger partial charge in [-0.25, -0.2) is 4.79 Å². The van der Waals surface area contributed by atoms with Crippen LogP contribution in [-0.2, 0) is 19.0 Å². The zero-order valence-electron chi connectivity index (χ0n) is 11.2. The third-order valence-corrected chi connectivity index (χ3v) is 2.13. The number of carbonyl (C=O) groups excluding carboxylic acids is 1. The molecule has 17 heavy (non-hydrogen) atoms. The fourth-order valence-corrected chi connectivity index (χ4v) is 1.22. The molecule has 4 heteroatoms. The molecule has 4 nitrogen and oxygen atoms in total. The first-order chi connectivity index (χ1) is 8.07. The summed E-state index contributed by atoms with van der Waals surface area (Å²) < 4.78 is 15.6. The molecule has 0 fully saturated rings. The average molecular weight is 244 g/mol. The van der Waals surface area contributed by atoms with Crippen molar-refractivity contribution in [1.82, 2.24) is 0 Å². The molecule has 0 aliphatic rings. The topological polar surface area (TPSA) is 44.8 Å². The maximum Gasteiger partial charge on any atom is 0.333 e. The summed E-state index contributed by atoms with van der Waals surface area (Å²) in [5.74, 6) is -0.374. The molecule has 0 bridgehead atoms. The van der Waals surface area contributed by atoms with E-state index in [0.717, 1.165) is 12.8 Å². The molecule has 0 heterocycles. The molecule has 0 amide bonds. The van der Waals surface area contributed by atoms with E-state index in [1.807, 2.05) is 0 Å². The molecule has 0 N–H and O–H groups in total. The standard InChI is InChI=1S/C13H24O4/c1-5-6-12(4)16-9-7-15-8-10-17-13(14)11(2)3/h12H,2,5-10H2,1,3-4H3. The Morgan fingerprint density at radius 3 is 2.47 bits per heavy atom. The van der Waals surface area contributed by atoms with Crippen molar-refractivity contribution in [3.05, 3.63) is 12.2 Å². The van der Waals surface area contributed by atoms with E-state index in [4.69, 9.17) is 14.2 Å². The maximum atomic E-state index is 11.0. The normalized spacial score (nSPS) is 12.2. The van der Waals surface area contributed by atoms with Crippen LogP contribution in [0.15, 0.2) is 12.2 Å². The van der Waals surface area contributed by atoms with Crippen LogP contribution in [0, 0.1) is 0 Å². The first-order valence-corrected chi connectivity index (χ1v) is 6.09. The van der Waals surface area contributed by atoms with Crippen molar-refractivity contribution in [2.45, 2.75) is 39.7 Å². The van der Waals surface area contributed by atoms with E-state index < -0.39 is 0 Å². The van der Waals surface area contributed by atoms with Crippen molar-refractivity contribution in [3.8, 4) is 0 Å². The molecule has 0 rings (SSSR count). The molecule has 100 valence electrons. The molecule has 0 aliphatic heterocycles. The van der Waals surface area contributed by atoms with Crippen LogP contribution < -0.4 is 0 Å². The van der Waals surface area contributed by atoms with Crippen LogP contribution in [0.1, 0.15) is 33.6 Å². The van der Waals surface area contributed by atoms with Crippen LogP contribution in [0.3, 0.4) is 0 Å². The van der Waals surface area contributed by atoms with Gasteiger partial charge in [0, 0.05) is 5.57 Å². The highest BCUT2D eigenvalue weighted by molar-refractivity contribution is 5.86. The van der Waals surface area contributed by atoms with Gasteiger partial charge in [-0.05, 0) is 20.3 Å². The molecule has 0 aromatic heterocycles. The Hall–Kier alpha value is -0.870. The second kappa shape index (κ2) is 10.3. The highest BCUT2D eigenvalue weighted by atomic mass is 16.6. The van der Waals surface area contributed by atoms with Gasteiger partial charge in [0.2, 0.25) is 0 Å². The summed E-state index contributed by atoms with van der Waals surface area (Å²) in [5.41, 5.74) is 0.404. The third-order valence-electron chi connectivity index (χ3n) is 2.13. The number of ether oxygens (including phenoxy) is 3. The van der Waals surface area contributed by atoms with E-state index >= 15 is 0 Å². The minimum absolute atomic E-state index is 0.260. The van der Waals surface area contributed by atoms with Crippen LogP contribution in [0.25, 0.3) is 0 Å². The van der Waals surface area contributed by atoms with E-state index in [1.165, 1.54) is 0 Å². The van der Waals surface area contributed by atoms with Gasteiger partial charge in [0.15, 0.2) is 0 Å². The molecule has 0 saturated heterocycles. The Morgan fingerprint density at radius 2 is 1.88 bits per heavy atom. The summed E-state index contributed by atoms with van der Waals surface area (Å²) in [6.45, 7) is 11.0. The Balaban J connectivity index is 3.24. The van der Waals surface area contributed by atoms with Crippen LogP contribution in [0.4, 0.5) is 0 Å². The van der Waals surface area contributed by atoms with Crippen molar-refractivity contribution in [2.24, 2.45) is 0 Å². The van der Waals surface area contributed by atoms with Crippen molar-refractivity contribution < 1.29 is 19.0 Å². The van der Waals surface area contributed by atoms with E-state index in [9.17, 15) is 4.79 Å². The fraction of sp³-hybridized carbons (Fsp3) is 0.769. The van der Waals surface area contributed by atoms with Gasteiger partial charge >= 0.3 is 5.97 Å². The molecule has 0 spiro atoms. The zero-order chi connectivity index (χ0) is 13.1. The molecule has 0 radical (unpaired) electrons. The number of hydrogen-bond donors (Lipinski definition) is 0. The first-order valence-electron chi connectivity index (χ1n) is 6.09. The highest BCUT2D eigenvalue weighted by Crippen LogP contribution is 1.99. The first kappa shape index (κ1) is 16.1. The van der Waals surface area contributed by atoms with Gasteiger partial charge in [-0.15, -0.1) is 0 Å². The summed E-state index contributed by atoms with van der Waals surface area (Å²) in [7, 11) is 0. The lowest BCUT2D eigenvalue weighted by Crippen LogP contribution is -2.15. The number of carbonyl (C=O) groups is 1. The second-order valence-electron chi connectivity index (χ2n) is 4.00. The molecular weight excluding hydrogens is 220 g/mol. The smallest absolute Gasteiger partial charge is 0.333 e. The largest absolute Gasteiger partial charge is 0.460 e. The van der Waals surface area contributed by atoms with Gasteiger partial charge in [0.25, 0.3) is 0 Å². The second-order valence-corrected chi connectivity index (χ2v) is 4.00. The zero-order valence-corrected chi connectivity index (χ0v) is 11.2. The molecule has 0 aromatic rings. The number of rotatable bonds is 10. The Morgan fingerprint density at radius 1 is 1.24 bits per heavy atom. The van der Waals surface area contributed by atoms with Crippen LogP contribution in [0.5, 0.6) is 0 Å². The van der Waals surface area contributed by atoms with Crippen molar-refractivity contribution in [1.29, 1.82) is 0 Å². The van der Waals surface area contributed by atoms with Crippen molar-refractivity contribution in [2.75, 3.05) is 26.4 Å². The van der Waals surface area contributed by atoms with Gasteiger partial charge in [-0.3, -0.25) is 0 Å². The van der Waals surface area contributed by atoms with Gasteiger partial charge in [0.05, 0.1) is 25.9 Å². The quantitative estimate of drug-likeness (QED) is 0.336. The summed E-state index contributed by atoms with van der Waals surface area (Å²) in [5, 5.41) is 0. The van der Waals surface area contributed by atoms with Crippen LogP contribution >= 0.6 is 0 Å². The summed E-state index contributed by atoms with van der Waals surface area (Å²) in [4.78, 5) is 11.0. The Labute approximate surface area is 104 Å². The van der Waals surface area contributed by atoms with Crippen LogP contribution in [0.2, 0.25) is 0 Å². The van der Waals surface area contributed by atoms with Gasteiger partial charge < -0.3 is 14.2 Å². The predicted molar refractivity (Wildman–Crippen MR) is 66.9 cm³/mol. The lowest BCUT2D eigenvalue weighted by atomic mass is 10.2. The monoisotopic (exact) mass is 244 g/mol. The highest BCUT2D eigenvalue weighted by Gasteiger charge is 2.02. The fourth-order valence-electron chi connectivity index (χ4n) is 1.22. The van der Waals surface area contributed by atoms with E-state index in [1.54, 1.807) is 6.92 Å². The molecular formula is C13H24O4. The van der Waals surface area contributed by atoms with Crippen molar-refractivity contribution in [3.63, 3.8) is 0 Å². The average Bonchev–Trinajstić information content (AvgIpc) is 2.27. The van der Waals surface area contributed by atoms with Gasteiger partial charge in [-0.2, -0.15) is 0 Å². The molecule has 1 unspecified atom stereocenters. The molecule has 0 aliphatic carbocycles. The molecule has 0 aromatic carbocycles. The lowest BCUT2D eigenvalue weighted by Gasteiger charge is -2.11. The number of hydrogen-bond acceptors (Lipinski definition) is 4. The van der Waals surface area contributed by atoms with E-state index in [0.29, 0.717) is 25.4 Å². The Bertz CT molecular complexity index is 225. The minimum Gasteiger partial charge on any atom is -0.460 e. The maximum absolute atomic E-state index is 11.0.